The molecule has 5 heteroatoms. The molecule has 1 amide bonds. The van der Waals surface area contributed by atoms with Crippen LogP contribution in [0.2, 0.25) is 0 Å². The summed E-state index contributed by atoms with van der Waals surface area (Å²) >= 11 is 0. The van der Waals surface area contributed by atoms with E-state index in [4.69, 9.17) is 0 Å². The third-order valence-corrected chi connectivity index (χ3v) is 2.10. The second-order valence-corrected chi connectivity index (χ2v) is 3.36. The summed E-state index contributed by atoms with van der Waals surface area (Å²) in [5.41, 5.74) is 0. The minimum atomic E-state index is -0.618. The average Bonchev–Trinajstić information content (AvgIpc) is 2.61. The molecule has 2 N–H and O–H groups in total. The fourth-order valence-electron chi connectivity index (χ4n) is 1.23. The van der Waals surface area contributed by atoms with Crippen molar-refractivity contribution in [1.82, 2.24) is 5.32 Å². The molecule has 0 spiro atoms. The van der Waals surface area contributed by atoms with Crippen molar-refractivity contribution in [3.63, 3.8) is 0 Å². The van der Waals surface area contributed by atoms with Gasteiger partial charge in [0.25, 0.3) is 5.91 Å². The number of carbonyl (C=O) groups excluding carboxylic acids is 2. The van der Waals surface area contributed by atoms with E-state index in [1.807, 2.05) is 6.92 Å². The number of allylic oxidation sites excluding steroid dienone is 1. The first-order valence-corrected chi connectivity index (χ1v) is 5.01. The number of cyclic esters (lactones) is 1. The number of amides is 1. The van der Waals surface area contributed by atoms with Gasteiger partial charge in [-0.15, -0.1) is 0 Å². The molecule has 1 aliphatic rings. The molecule has 0 bridgehead atoms. The summed E-state index contributed by atoms with van der Waals surface area (Å²) in [7, 11) is 0. The van der Waals surface area contributed by atoms with Crippen molar-refractivity contribution < 1.29 is 19.4 Å². The molecular weight excluding hydrogens is 198 g/mol. The molecular formula is C10H15NO4. The Morgan fingerprint density at radius 2 is 2.47 bits per heavy atom. The number of esters is 1. The summed E-state index contributed by atoms with van der Waals surface area (Å²) in [6.45, 7) is 2.26. The Morgan fingerprint density at radius 1 is 1.73 bits per heavy atom. The smallest absolute Gasteiger partial charge is 0.328 e. The van der Waals surface area contributed by atoms with Crippen molar-refractivity contribution in [2.75, 3.05) is 6.61 Å². The maximum absolute atomic E-state index is 11.3. The van der Waals surface area contributed by atoms with E-state index in [1.54, 1.807) is 0 Å². The molecule has 0 saturated carbocycles. The molecule has 84 valence electrons. The molecule has 0 aliphatic carbocycles. The molecule has 15 heavy (non-hydrogen) atoms. The predicted molar refractivity (Wildman–Crippen MR) is 53.1 cm³/mol. The van der Waals surface area contributed by atoms with E-state index < -0.39 is 17.9 Å². The number of hydrogen-bond acceptors (Lipinski definition) is 4. The molecule has 1 rings (SSSR count). The van der Waals surface area contributed by atoms with Gasteiger partial charge in [0.1, 0.15) is 6.04 Å². The van der Waals surface area contributed by atoms with Crippen molar-refractivity contribution in [2.24, 2.45) is 0 Å². The van der Waals surface area contributed by atoms with E-state index in [-0.39, 0.29) is 5.76 Å². The number of unbranched alkanes of at least 4 members (excludes halogenated alkanes) is 1. The monoisotopic (exact) mass is 213 g/mol. The number of carbonyl (C=O) groups is 2. The van der Waals surface area contributed by atoms with Gasteiger partial charge in [-0.1, -0.05) is 13.3 Å². The summed E-state index contributed by atoms with van der Waals surface area (Å²) in [6.07, 6.45) is 3.39. The van der Waals surface area contributed by atoms with Crippen LogP contribution in [0.4, 0.5) is 0 Å². The fraction of sp³-hybridized carbons (Fsp3) is 0.600. The lowest BCUT2D eigenvalue weighted by Crippen LogP contribution is -2.38. The Bertz CT molecular complexity index is 285. The maximum Gasteiger partial charge on any atom is 0.328 e. The van der Waals surface area contributed by atoms with Gasteiger partial charge in [0.05, 0.1) is 6.61 Å². The summed E-state index contributed by atoms with van der Waals surface area (Å²) in [5.74, 6) is -1.39. The number of aliphatic hydroxyl groups excluding tert-OH is 1. The first kappa shape index (κ1) is 11.6. The fourth-order valence-corrected chi connectivity index (χ4v) is 1.23. The van der Waals surface area contributed by atoms with Crippen LogP contribution < -0.4 is 5.32 Å². The molecule has 5 nitrogen and oxygen atoms in total. The van der Waals surface area contributed by atoms with Gasteiger partial charge in [-0.3, -0.25) is 4.79 Å². The molecule has 1 unspecified atom stereocenters. The highest BCUT2D eigenvalue weighted by atomic mass is 16.5. The van der Waals surface area contributed by atoms with Crippen LogP contribution in [0.15, 0.2) is 11.8 Å². The molecule has 1 aliphatic heterocycles. The molecule has 1 heterocycles. The Balaban J connectivity index is 2.44. The number of nitrogens with one attached hydrogen (secondary N) is 1. The third kappa shape index (κ3) is 3.27. The second-order valence-electron chi connectivity index (χ2n) is 3.36. The first-order valence-electron chi connectivity index (χ1n) is 5.01. The molecule has 1 saturated heterocycles. The quantitative estimate of drug-likeness (QED) is 0.408. The molecule has 0 aromatic rings. The standard InChI is InChI=1S/C10H15NO4/c1-2-3-4-8(12)9(13)11-7-5-6-15-10(7)14/h4,7,12H,2-3,5-6H2,1H3,(H,11,13)/b8-4-. The highest BCUT2D eigenvalue weighted by Crippen LogP contribution is 2.06. The van der Waals surface area contributed by atoms with E-state index in [0.717, 1.165) is 6.42 Å². The van der Waals surface area contributed by atoms with Gasteiger partial charge in [0.15, 0.2) is 5.76 Å². The van der Waals surface area contributed by atoms with E-state index in [0.29, 0.717) is 19.4 Å². The topological polar surface area (TPSA) is 75.6 Å². The van der Waals surface area contributed by atoms with Crippen molar-refractivity contribution in [3.8, 4) is 0 Å². The Morgan fingerprint density at radius 3 is 3.00 bits per heavy atom. The zero-order valence-corrected chi connectivity index (χ0v) is 8.66. The van der Waals surface area contributed by atoms with Crippen LogP contribution in [0, 0.1) is 0 Å². The molecule has 1 fully saturated rings. The van der Waals surface area contributed by atoms with Crippen LogP contribution in [0.25, 0.3) is 0 Å². The van der Waals surface area contributed by atoms with Gasteiger partial charge >= 0.3 is 5.97 Å². The molecule has 0 radical (unpaired) electrons. The largest absolute Gasteiger partial charge is 0.503 e. The van der Waals surface area contributed by atoms with Crippen molar-refractivity contribution in [1.29, 1.82) is 0 Å². The SMILES string of the molecule is CCC/C=C(\O)C(=O)NC1CCOC1=O. The van der Waals surface area contributed by atoms with Crippen LogP contribution in [-0.2, 0) is 14.3 Å². The highest BCUT2D eigenvalue weighted by Gasteiger charge is 2.28. The number of rotatable bonds is 4. The van der Waals surface area contributed by atoms with Crippen LogP contribution in [0.5, 0.6) is 0 Å². The van der Waals surface area contributed by atoms with Gasteiger partial charge in [-0.05, 0) is 12.5 Å². The van der Waals surface area contributed by atoms with Crippen molar-refractivity contribution in [3.05, 3.63) is 11.8 Å². The van der Waals surface area contributed by atoms with E-state index in [1.165, 1.54) is 6.08 Å². The van der Waals surface area contributed by atoms with Gasteiger partial charge in [0, 0.05) is 6.42 Å². The lowest BCUT2D eigenvalue weighted by Gasteiger charge is -2.07. The van der Waals surface area contributed by atoms with Gasteiger partial charge in [-0.2, -0.15) is 0 Å². The van der Waals surface area contributed by atoms with Crippen LogP contribution in [-0.4, -0.2) is 29.6 Å². The summed E-state index contributed by atoms with van der Waals surface area (Å²) in [5, 5.41) is 11.7. The highest BCUT2D eigenvalue weighted by molar-refractivity contribution is 5.94. The van der Waals surface area contributed by atoms with Gasteiger partial charge < -0.3 is 15.2 Å². The second kappa shape index (κ2) is 5.38. The normalized spacial score (nSPS) is 21.3. The Hall–Kier alpha value is -1.52. The van der Waals surface area contributed by atoms with Gasteiger partial charge in [-0.25, -0.2) is 4.79 Å². The number of hydrogen-bond donors (Lipinski definition) is 2. The van der Waals surface area contributed by atoms with Crippen LogP contribution in [0.3, 0.4) is 0 Å². The van der Waals surface area contributed by atoms with E-state index >= 15 is 0 Å². The molecule has 1 atom stereocenters. The third-order valence-electron chi connectivity index (χ3n) is 2.10. The van der Waals surface area contributed by atoms with Crippen LogP contribution >= 0.6 is 0 Å². The average molecular weight is 213 g/mol. The van der Waals surface area contributed by atoms with Crippen molar-refractivity contribution in [2.45, 2.75) is 32.2 Å². The lowest BCUT2D eigenvalue weighted by atomic mass is 10.2. The van der Waals surface area contributed by atoms with E-state index in [2.05, 4.69) is 10.1 Å². The zero-order chi connectivity index (χ0) is 11.3. The lowest BCUT2D eigenvalue weighted by molar-refractivity contribution is -0.141. The summed E-state index contributed by atoms with van der Waals surface area (Å²) < 4.78 is 4.67. The minimum Gasteiger partial charge on any atom is -0.503 e. The maximum atomic E-state index is 11.3. The molecule has 0 aromatic carbocycles. The minimum absolute atomic E-state index is 0.323. The zero-order valence-electron chi connectivity index (χ0n) is 8.66. The first-order chi connectivity index (χ1) is 7.15. The number of ether oxygens (including phenoxy) is 1. The Labute approximate surface area is 88.1 Å². The van der Waals surface area contributed by atoms with Crippen LogP contribution in [0.1, 0.15) is 26.2 Å². The Kier molecular flexibility index (Phi) is 4.15. The summed E-state index contributed by atoms with van der Waals surface area (Å²) in [6, 6.07) is -0.616. The predicted octanol–water partition coefficient (Wildman–Crippen LogP) is 0.660. The number of aliphatic hydroxyl groups is 1. The van der Waals surface area contributed by atoms with E-state index in [9.17, 15) is 14.7 Å². The van der Waals surface area contributed by atoms with Crippen molar-refractivity contribution >= 4 is 11.9 Å². The van der Waals surface area contributed by atoms with Gasteiger partial charge in [0.2, 0.25) is 0 Å². The summed E-state index contributed by atoms with van der Waals surface area (Å²) in [4.78, 5) is 22.3. The molecule has 0 aromatic heterocycles.